The summed E-state index contributed by atoms with van der Waals surface area (Å²) in [5.41, 5.74) is 3.15. The number of aliphatic imine (C=N–C) groups is 1. The van der Waals surface area contributed by atoms with Crippen molar-refractivity contribution in [2.45, 2.75) is 0 Å². The molecule has 184 valence electrons. The van der Waals surface area contributed by atoms with E-state index in [2.05, 4.69) is 4.99 Å². The smallest absolute Gasteiger partial charge is 0.269 e. The molecule has 0 saturated heterocycles. The average Bonchev–Trinajstić information content (AvgIpc) is 3.35. The van der Waals surface area contributed by atoms with Gasteiger partial charge in [-0.1, -0.05) is 11.3 Å². The summed E-state index contributed by atoms with van der Waals surface area (Å²) < 4.78 is 21.5. The van der Waals surface area contributed by atoms with Gasteiger partial charge in [0, 0.05) is 29.5 Å². The Morgan fingerprint density at radius 2 is 1.47 bits per heavy atom. The minimum atomic E-state index is -0.423. The van der Waals surface area contributed by atoms with Crippen LogP contribution in [0.5, 0.6) is 23.0 Å². The van der Waals surface area contributed by atoms with Crippen molar-refractivity contribution in [1.29, 1.82) is 0 Å². The van der Waals surface area contributed by atoms with E-state index in [9.17, 15) is 10.1 Å². The minimum Gasteiger partial charge on any atom is -0.497 e. The van der Waals surface area contributed by atoms with Crippen LogP contribution in [-0.4, -0.2) is 44.6 Å². The number of benzene rings is 3. The van der Waals surface area contributed by atoms with Crippen LogP contribution >= 0.6 is 11.3 Å². The Morgan fingerprint density at radius 1 is 0.861 bits per heavy atom. The molecule has 0 N–H and O–H groups in total. The lowest BCUT2D eigenvalue weighted by atomic mass is 10.1. The highest BCUT2D eigenvalue weighted by Gasteiger charge is 2.17. The van der Waals surface area contributed by atoms with Crippen LogP contribution in [0, 0.1) is 10.1 Å². The quantitative estimate of drug-likeness (QED) is 0.152. The van der Waals surface area contributed by atoms with Gasteiger partial charge in [-0.25, -0.2) is 9.98 Å². The van der Waals surface area contributed by atoms with Gasteiger partial charge in [0.1, 0.15) is 5.75 Å². The third-order valence-electron chi connectivity index (χ3n) is 5.33. The van der Waals surface area contributed by atoms with E-state index in [-0.39, 0.29) is 5.69 Å². The van der Waals surface area contributed by atoms with Crippen LogP contribution in [0.3, 0.4) is 0 Å². The van der Waals surface area contributed by atoms with E-state index in [1.807, 2.05) is 24.3 Å². The maximum atomic E-state index is 11.1. The van der Waals surface area contributed by atoms with Crippen LogP contribution in [0.1, 0.15) is 5.56 Å². The Balaban J connectivity index is 1.76. The Labute approximate surface area is 211 Å². The largest absolute Gasteiger partial charge is 0.497 e. The van der Waals surface area contributed by atoms with Crippen LogP contribution < -0.4 is 18.9 Å². The van der Waals surface area contributed by atoms with Crippen molar-refractivity contribution in [1.82, 2.24) is 4.98 Å². The Kier molecular flexibility index (Phi) is 7.45. The number of thiazole rings is 1. The molecule has 1 aromatic heterocycles. The number of hydrogen-bond donors (Lipinski definition) is 0. The van der Waals surface area contributed by atoms with Crippen molar-refractivity contribution < 1.29 is 23.9 Å². The normalized spacial score (nSPS) is 10.9. The van der Waals surface area contributed by atoms with Gasteiger partial charge in [0.25, 0.3) is 5.69 Å². The second-order valence-corrected chi connectivity index (χ2v) is 8.40. The van der Waals surface area contributed by atoms with E-state index < -0.39 is 4.92 Å². The lowest BCUT2D eigenvalue weighted by Gasteiger charge is -2.12. The van der Waals surface area contributed by atoms with Crippen molar-refractivity contribution in [2.75, 3.05) is 28.4 Å². The number of rotatable bonds is 9. The Bertz CT molecular complexity index is 1370. The van der Waals surface area contributed by atoms with Gasteiger partial charge in [-0.3, -0.25) is 10.1 Å². The van der Waals surface area contributed by atoms with Gasteiger partial charge in [0.2, 0.25) is 10.9 Å². The van der Waals surface area contributed by atoms with E-state index in [1.54, 1.807) is 58.9 Å². The molecule has 10 heteroatoms. The molecule has 0 aliphatic heterocycles. The van der Waals surface area contributed by atoms with Crippen molar-refractivity contribution in [3.8, 4) is 44.7 Å². The molecule has 1 heterocycles. The number of nitro groups is 1. The topological polar surface area (TPSA) is 105 Å². The van der Waals surface area contributed by atoms with E-state index in [4.69, 9.17) is 23.9 Å². The van der Waals surface area contributed by atoms with Crippen LogP contribution in [0.15, 0.2) is 65.7 Å². The molecule has 0 radical (unpaired) electrons. The summed E-state index contributed by atoms with van der Waals surface area (Å²) in [5, 5.41) is 11.6. The van der Waals surface area contributed by atoms with E-state index in [0.29, 0.717) is 28.1 Å². The molecule has 0 amide bonds. The number of ether oxygens (including phenoxy) is 4. The van der Waals surface area contributed by atoms with E-state index in [1.165, 1.54) is 23.5 Å². The minimum absolute atomic E-state index is 0.0231. The van der Waals surface area contributed by atoms with Gasteiger partial charge in [-0.2, -0.15) is 0 Å². The fourth-order valence-corrected chi connectivity index (χ4v) is 4.48. The number of methoxy groups -OCH3 is 4. The molecule has 0 aliphatic rings. The molecule has 36 heavy (non-hydrogen) atoms. The van der Waals surface area contributed by atoms with Crippen molar-refractivity contribution >= 4 is 28.4 Å². The summed E-state index contributed by atoms with van der Waals surface area (Å²) in [4.78, 5) is 20.9. The Hall–Kier alpha value is -4.44. The molecule has 0 spiro atoms. The second kappa shape index (κ2) is 10.9. The number of non-ortho nitro benzene ring substituents is 1. The number of aromatic nitrogens is 1. The number of nitrogens with zero attached hydrogens (tertiary/aromatic N) is 3. The summed E-state index contributed by atoms with van der Waals surface area (Å²) in [6, 6.07) is 17.5. The molecular weight excluding hydrogens is 482 g/mol. The van der Waals surface area contributed by atoms with Crippen LogP contribution in [0.25, 0.3) is 21.7 Å². The lowest BCUT2D eigenvalue weighted by molar-refractivity contribution is -0.384. The van der Waals surface area contributed by atoms with Gasteiger partial charge >= 0.3 is 0 Å². The van der Waals surface area contributed by atoms with Crippen molar-refractivity contribution in [3.63, 3.8) is 0 Å². The fraction of sp³-hybridized carbons (Fsp3) is 0.154. The first-order valence-electron chi connectivity index (χ1n) is 10.7. The SMILES string of the molecule is COc1ccc(-c2nc(N=Cc3cc(OC)c(OC)c(OC)c3)sc2-c2ccc([N+](=O)[O-])cc2)cc1. The molecule has 3 aromatic carbocycles. The fourth-order valence-electron chi connectivity index (χ4n) is 3.54. The molecule has 4 rings (SSSR count). The molecule has 0 atom stereocenters. The summed E-state index contributed by atoms with van der Waals surface area (Å²) in [5.74, 6) is 2.26. The lowest BCUT2D eigenvalue weighted by Crippen LogP contribution is -1.96. The molecule has 0 fully saturated rings. The van der Waals surface area contributed by atoms with Crippen LogP contribution in [0.4, 0.5) is 10.8 Å². The zero-order valence-corrected chi connectivity index (χ0v) is 20.9. The zero-order chi connectivity index (χ0) is 25.7. The third kappa shape index (κ3) is 5.13. The summed E-state index contributed by atoms with van der Waals surface area (Å²) in [6.07, 6.45) is 1.67. The highest BCUT2D eigenvalue weighted by atomic mass is 32.1. The number of nitro benzene ring substituents is 1. The molecule has 0 bridgehead atoms. The first kappa shape index (κ1) is 24.7. The van der Waals surface area contributed by atoms with Crippen LogP contribution in [-0.2, 0) is 0 Å². The summed E-state index contributed by atoms with van der Waals surface area (Å²) >= 11 is 1.38. The van der Waals surface area contributed by atoms with Gasteiger partial charge in [-0.05, 0) is 54.1 Å². The maximum Gasteiger partial charge on any atom is 0.269 e. The molecular formula is C26H23N3O6S. The first-order chi connectivity index (χ1) is 17.5. The van der Waals surface area contributed by atoms with Gasteiger partial charge in [0.05, 0.1) is 43.9 Å². The van der Waals surface area contributed by atoms with E-state index >= 15 is 0 Å². The number of hydrogen-bond acceptors (Lipinski definition) is 9. The molecule has 9 nitrogen and oxygen atoms in total. The highest BCUT2D eigenvalue weighted by molar-refractivity contribution is 7.19. The van der Waals surface area contributed by atoms with Crippen molar-refractivity contribution in [3.05, 3.63) is 76.3 Å². The molecule has 0 aliphatic carbocycles. The molecule has 0 unspecified atom stereocenters. The van der Waals surface area contributed by atoms with Gasteiger partial charge in [0.15, 0.2) is 11.5 Å². The summed E-state index contributed by atoms with van der Waals surface area (Å²) in [6.45, 7) is 0. The maximum absolute atomic E-state index is 11.1. The van der Waals surface area contributed by atoms with Gasteiger partial charge in [-0.15, -0.1) is 0 Å². The second-order valence-electron chi connectivity index (χ2n) is 7.42. The summed E-state index contributed by atoms with van der Waals surface area (Å²) in [7, 11) is 6.26. The first-order valence-corrected chi connectivity index (χ1v) is 11.5. The monoisotopic (exact) mass is 505 g/mol. The van der Waals surface area contributed by atoms with Crippen molar-refractivity contribution in [2.24, 2.45) is 4.99 Å². The predicted molar refractivity (Wildman–Crippen MR) is 140 cm³/mol. The zero-order valence-electron chi connectivity index (χ0n) is 20.1. The standard InChI is InChI=1S/C26H23N3O6S/c1-32-20-11-7-17(8-12-20)23-25(18-5-9-19(10-6-18)29(30)31)36-26(28-23)27-15-16-13-21(33-2)24(35-4)22(14-16)34-3/h5-15H,1-4H3. The third-order valence-corrected chi connectivity index (χ3v) is 6.34. The predicted octanol–water partition coefficient (Wildman–Crippen LogP) is 6.17. The highest BCUT2D eigenvalue weighted by Crippen LogP contribution is 2.41. The molecule has 0 saturated carbocycles. The molecule has 4 aromatic rings. The Morgan fingerprint density at radius 3 is 2.00 bits per heavy atom. The van der Waals surface area contributed by atoms with Crippen LogP contribution in [0.2, 0.25) is 0 Å². The average molecular weight is 506 g/mol. The van der Waals surface area contributed by atoms with Gasteiger partial charge < -0.3 is 18.9 Å². The van der Waals surface area contributed by atoms with E-state index in [0.717, 1.165) is 27.3 Å².